The molecule has 50 heavy (non-hydrogen) atoms. The van der Waals surface area contributed by atoms with Crippen LogP contribution in [-0.4, -0.2) is 35.2 Å². The average Bonchev–Trinajstić information content (AvgIpc) is 3.07. The first-order valence-corrected chi connectivity index (χ1v) is 18.9. The van der Waals surface area contributed by atoms with Crippen LogP contribution in [0.15, 0.2) is 72.3 Å². The molecular weight excluding hydrogens is 624 g/mol. The number of rotatable bonds is 5. The third kappa shape index (κ3) is 5.12. The van der Waals surface area contributed by atoms with E-state index < -0.39 is 40.9 Å². The predicted molar refractivity (Wildman–Crippen MR) is 193 cm³/mol. The maximum atomic E-state index is 13.7. The number of aliphatic carboxylic acids is 1. The second-order valence-corrected chi connectivity index (χ2v) is 18.7. The van der Waals surface area contributed by atoms with E-state index in [1.165, 1.54) is 5.57 Å². The standard InChI is InChI=1S/C44H56O6/c1-39(2)22-24-44(38(47)48)25-23-42(6)30(31(44)26-39)18-19-34-41(5)27-32(49-36(45)28-14-10-8-11-15-28)35(50-37(46)29-16-12-9-13-17-29)40(3,4)33(41)20-21-43(34,42)7/h8-18,31-35H,19-27H2,1-7H3,(H,47,48)/t31-,32+,33-,34+,35-,41-,42+,43+,44-/m0/s1. The van der Waals surface area contributed by atoms with Crippen molar-refractivity contribution in [2.45, 2.75) is 118 Å². The molecule has 0 unspecified atom stereocenters. The molecule has 2 aromatic rings. The fourth-order valence-corrected chi connectivity index (χ4v) is 12.6. The quantitative estimate of drug-likeness (QED) is 0.250. The van der Waals surface area contributed by atoms with E-state index >= 15 is 0 Å². The Balaban J connectivity index is 1.28. The van der Waals surface area contributed by atoms with Gasteiger partial charge in [0.25, 0.3) is 0 Å². The van der Waals surface area contributed by atoms with Crippen LogP contribution in [0.1, 0.15) is 127 Å². The van der Waals surface area contributed by atoms with Gasteiger partial charge in [-0.2, -0.15) is 0 Å². The topological polar surface area (TPSA) is 89.9 Å². The number of carbonyl (C=O) groups excluding carboxylic acids is 2. The Morgan fingerprint density at radius 3 is 1.88 bits per heavy atom. The number of fused-ring (bicyclic) bond motifs is 7. The normalized spacial score (nSPS) is 39.7. The Hall–Kier alpha value is -3.41. The number of benzene rings is 2. The van der Waals surface area contributed by atoms with E-state index in [9.17, 15) is 19.5 Å². The number of carbonyl (C=O) groups is 3. The van der Waals surface area contributed by atoms with Gasteiger partial charge in [-0.15, -0.1) is 0 Å². The van der Waals surface area contributed by atoms with Crippen molar-refractivity contribution in [1.82, 2.24) is 0 Å². The van der Waals surface area contributed by atoms with Crippen LogP contribution in [-0.2, 0) is 14.3 Å². The van der Waals surface area contributed by atoms with Gasteiger partial charge in [-0.25, -0.2) is 9.59 Å². The lowest BCUT2D eigenvalue weighted by Crippen LogP contribution is -2.67. The van der Waals surface area contributed by atoms with Crippen LogP contribution in [0, 0.1) is 50.2 Å². The Bertz CT molecular complexity index is 1690. The minimum absolute atomic E-state index is 0.0509. The summed E-state index contributed by atoms with van der Waals surface area (Å²) in [5.41, 5.74) is 0.914. The first-order valence-electron chi connectivity index (χ1n) is 18.9. The minimum Gasteiger partial charge on any atom is -0.481 e. The largest absolute Gasteiger partial charge is 0.481 e. The third-order valence-corrected chi connectivity index (χ3v) is 15.5. The van der Waals surface area contributed by atoms with Crippen molar-refractivity contribution >= 4 is 17.9 Å². The number of esters is 2. The molecule has 5 aliphatic carbocycles. The van der Waals surface area contributed by atoms with Gasteiger partial charge in [-0.3, -0.25) is 4.79 Å². The summed E-state index contributed by atoms with van der Waals surface area (Å²) in [6.07, 6.45) is 8.92. The van der Waals surface area contributed by atoms with E-state index in [1.54, 1.807) is 24.3 Å². The highest BCUT2D eigenvalue weighted by molar-refractivity contribution is 5.90. The fraction of sp³-hybridized carbons (Fsp3) is 0.614. The van der Waals surface area contributed by atoms with Crippen molar-refractivity contribution in [3.05, 3.63) is 83.4 Å². The van der Waals surface area contributed by atoms with E-state index in [0.29, 0.717) is 23.5 Å². The van der Waals surface area contributed by atoms with Crippen molar-refractivity contribution in [1.29, 1.82) is 0 Å². The summed E-state index contributed by atoms with van der Waals surface area (Å²) in [4.78, 5) is 40.5. The van der Waals surface area contributed by atoms with E-state index in [2.05, 4.69) is 54.5 Å². The van der Waals surface area contributed by atoms with Gasteiger partial charge in [0.05, 0.1) is 16.5 Å². The van der Waals surface area contributed by atoms with Gasteiger partial charge in [-0.1, -0.05) is 96.5 Å². The van der Waals surface area contributed by atoms with E-state index in [1.807, 2.05) is 36.4 Å². The number of hydrogen-bond donors (Lipinski definition) is 1. The molecule has 0 amide bonds. The summed E-state index contributed by atoms with van der Waals surface area (Å²) in [5.74, 6) is -0.845. The van der Waals surface area contributed by atoms with Crippen LogP contribution in [0.4, 0.5) is 0 Å². The van der Waals surface area contributed by atoms with Crippen LogP contribution in [0.5, 0.6) is 0 Å². The summed E-state index contributed by atoms with van der Waals surface area (Å²) >= 11 is 0. The molecule has 7 rings (SSSR count). The molecule has 9 atom stereocenters. The molecule has 0 saturated heterocycles. The van der Waals surface area contributed by atoms with Gasteiger partial charge in [0, 0.05) is 5.41 Å². The second kappa shape index (κ2) is 11.8. The van der Waals surface area contributed by atoms with Gasteiger partial charge in [0.15, 0.2) is 0 Å². The molecule has 0 aromatic heterocycles. The van der Waals surface area contributed by atoms with E-state index in [4.69, 9.17) is 9.47 Å². The molecule has 6 nitrogen and oxygen atoms in total. The lowest BCUT2D eigenvalue weighted by Gasteiger charge is -2.71. The number of ether oxygens (including phenoxy) is 2. The Morgan fingerprint density at radius 1 is 0.700 bits per heavy atom. The zero-order valence-corrected chi connectivity index (χ0v) is 31.1. The summed E-state index contributed by atoms with van der Waals surface area (Å²) in [6, 6.07) is 18.2. The average molecular weight is 681 g/mol. The smallest absolute Gasteiger partial charge is 0.338 e. The van der Waals surface area contributed by atoms with Crippen LogP contribution >= 0.6 is 0 Å². The molecule has 2 aromatic carbocycles. The Kier molecular flexibility index (Phi) is 8.27. The van der Waals surface area contributed by atoms with Crippen LogP contribution in [0.2, 0.25) is 0 Å². The van der Waals surface area contributed by atoms with Crippen molar-refractivity contribution in [2.24, 2.45) is 50.2 Å². The molecular formula is C44H56O6. The molecule has 4 saturated carbocycles. The van der Waals surface area contributed by atoms with Gasteiger partial charge in [-0.05, 0) is 121 Å². The van der Waals surface area contributed by atoms with Gasteiger partial charge in [0.1, 0.15) is 12.2 Å². The molecule has 4 fully saturated rings. The molecule has 1 N–H and O–H groups in total. The van der Waals surface area contributed by atoms with Crippen molar-refractivity contribution in [3.63, 3.8) is 0 Å². The van der Waals surface area contributed by atoms with Crippen LogP contribution < -0.4 is 0 Å². The zero-order chi connectivity index (χ0) is 35.9. The number of carboxylic acids is 1. The van der Waals surface area contributed by atoms with Gasteiger partial charge < -0.3 is 14.6 Å². The fourth-order valence-electron chi connectivity index (χ4n) is 12.6. The molecule has 0 heterocycles. The number of carboxylic acid groups (broad SMARTS) is 1. The molecule has 0 bridgehead atoms. The minimum atomic E-state index is -0.676. The lowest BCUT2D eigenvalue weighted by molar-refractivity contribution is -0.231. The maximum absolute atomic E-state index is 13.7. The SMILES string of the molecule is CC1(C)CC[C@]2(C(=O)O)CC[C@]3(C)C(=CC[C@@H]4[C@@]5(C)C[C@@H](OC(=O)c6ccccc6)[C@H](OC(=O)c6ccccc6)C(C)(C)[C@@H]5CC[C@]43C)[C@@H]2C1. The van der Waals surface area contributed by atoms with Crippen molar-refractivity contribution < 1.29 is 29.0 Å². The molecule has 0 aliphatic heterocycles. The van der Waals surface area contributed by atoms with Crippen LogP contribution in [0.25, 0.3) is 0 Å². The van der Waals surface area contributed by atoms with Crippen molar-refractivity contribution in [3.8, 4) is 0 Å². The Morgan fingerprint density at radius 2 is 1.28 bits per heavy atom. The maximum Gasteiger partial charge on any atom is 0.338 e. The molecule has 0 spiro atoms. The first kappa shape index (κ1) is 35.0. The summed E-state index contributed by atoms with van der Waals surface area (Å²) < 4.78 is 12.9. The molecule has 268 valence electrons. The highest BCUT2D eigenvalue weighted by Gasteiger charge is 2.71. The second-order valence-electron chi connectivity index (χ2n) is 18.7. The predicted octanol–water partition coefficient (Wildman–Crippen LogP) is 9.93. The molecule has 5 aliphatic rings. The highest BCUT2D eigenvalue weighted by atomic mass is 16.6. The summed E-state index contributed by atoms with van der Waals surface area (Å²) in [5, 5.41) is 10.8. The zero-order valence-electron chi connectivity index (χ0n) is 31.1. The lowest BCUT2D eigenvalue weighted by atomic mass is 9.33. The van der Waals surface area contributed by atoms with Gasteiger partial charge >= 0.3 is 17.9 Å². The molecule has 6 heteroatoms. The number of hydrogen-bond acceptors (Lipinski definition) is 5. The summed E-state index contributed by atoms with van der Waals surface area (Å²) in [6.45, 7) is 16.4. The monoisotopic (exact) mass is 680 g/mol. The van der Waals surface area contributed by atoms with Gasteiger partial charge in [0.2, 0.25) is 0 Å². The van der Waals surface area contributed by atoms with E-state index in [-0.39, 0.29) is 33.5 Å². The first-order chi connectivity index (χ1) is 23.5. The molecule has 0 radical (unpaired) electrons. The van der Waals surface area contributed by atoms with Crippen LogP contribution in [0.3, 0.4) is 0 Å². The van der Waals surface area contributed by atoms with E-state index in [0.717, 1.165) is 51.4 Å². The third-order valence-electron chi connectivity index (χ3n) is 15.5. The summed E-state index contributed by atoms with van der Waals surface area (Å²) in [7, 11) is 0. The Labute approximate surface area is 298 Å². The number of allylic oxidation sites excluding steroid dienone is 2. The highest BCUT2D eigenvalue weighted by Crippen LogP contribution is 2.76. The van der Waals surface area contributed by atoms with Crippen molar-refractivity contribution in [2.75, 3.05) is 0 Å².